The Balaban J connectivity index is 0.00000243. The first-order valence-electron chi connectivity index (χ1n) is 8.60. The average Bonchev–Trinajstić information content (AvgIpc) is 2.67. The van der Waals surface area contributed by atoms with E-state index in [-0.39, 0.29) is 29.4 Å². The maximum atomic E-state index is 13.2. The highest BCUT2D eigenvalue weighted by molar-refractivity contribution is 8.00. The van der Waals surface area contributed by atoms with Crippen LogP contribution in [0, 0.1) is 5.82 Å². The molecular weight excluding hydrogens is 371 g/mol. The third-order valence-electron chi connectivity index (χ3n) is 4.54. The van der Waals surface area contributed by atoms with Crippen molar-refractivity contribution in [1.82, 2.24) is 10.2 Å². The summed E-state index contributed by atoms with van der Waals surface area (Å²) in [7, 11) is 1.95. The summed E-state index contributed by atoms with van der Waals surface area (Å²) in [6.07, 6.45) is 2.11. The summed E-state index contributed by atoms with van der Waals surface area (Å²) in [5, 5.41) is 2.96. The van der Waals surface area contributed by atoms with Gasteiger partial charge in [0.1, 0.15) is 11.1 Å². The van der Waals surface area contributed by atoms with Gasteiger partial charge in [-0.15, -0.1) is 24.2 Å². The lowest BCUT2D eigenvalue weighted by molar-refractivity contribution is -0.132. The molecule has 2 atom stereocenters. The first-order valence-corrected chi connectivity index (χ1v) is 9.48. The highest BCUT2D eigenvalue weighted by Crippen LogP contribution is 2.37. The number of amides is 1. The smallest absolute Gasteiger partial charge is 0.240 e. The van der Waals surface area contributed by atoms with E-state index in [0.717, 1.165) is 36.4 Å². The van der Waals surface area contributed by atoms with Crippen LogP contribution >= 0.6 is 24.2 Å². The lowest BCUT2D eigenvalue weighted by atomic mass is 10.0. The largest absolute Gasteiger partial charge is 0.340 e. The van der Waals surface area contributed by atoms with Gasteiger partial charge in [0.05, 0.1) is 0 Å². The molecule has 3 nitrogen and oxygen atoms in total. The summed E-state index contributed by atoms with van der Waals surface area (Å²) in [6, 6.07) is 16.5. The number of nitrogens with zero attached hydrogens (tertiary/aromatic N) is 1. The summed E-state index contributed by atoms with van der Waals surface area (Å²) in [5.74, 6) is -0.139. The summed E-state index contributed by atoms with van der Waals surface area (Å²) >= 11 is 1.48. The molecule has 26 heavy (non-hydrogen) atoms. The standard InChI is InChI=1S/C20H23FN2OS.ClH/c1-22-17-8-5-13-23(14-17)20(24)19(15-6-3-2-4-7-15)25-18-11-9-16(21)10-12-18;/h2-4,6-7,9-12,17,19,22H,5,8,13-14H2,1H3;1H. The molecule has 0 aromatic heterocycles. The van der Waals surface area contributed by atoms with Crippen molar-refractivity contribution < 1.29 is 9.18 Å². The maximum absolute atomic E-state index is 13.2. The predicted molar refractivity (Wildman–Crippen MR) is 107 cm³/mol. The number of benzene rings is 2. The van der Waals surface area contributed by atoms with Crippen LogP contribution < -0.4 is 5.32 Å². The molecule has 2 aromatic rings. The molecule has 3 rings (SSSR count). The highest BCUT2D eigenvalue weighted by Gasteiger charge is 2.30. The van der Waals surface area contributed by atoms with E-state index in [0.29, 0.717) is 6.04 Å². The lowest BCUT2D eigenvalue weighted by Crippen LogP contribution is -2.48. The zero-order valence-corrected chi connectivity index (χ0v) is 16.4. The molecule has 1 heterocycles. The minimum atomic E-state index is -0.317. The molecule has 1 saturated heterocycles. The highest BCUT2D eigenvalue weighted by atomic mass is 35.5. The minimum absolute atomic E-state index is 0. The van der Waals surface area contributed by atoms with Crippen molar-refractivity contribution in [2.75, 3.05) is 20.1 Å². The molecule has 1 N–H and O–H groups in total. The number of rotatable bonds is 5. The number of nitrogens with one attached hydrogen (secondary N) is 1. The Labute approximate surface area is 164 Å². The van der Waals surface area contributed by atoms with Crippen molar-refractivity contribution in [3.05, 3.63) is 66.0 Å². The van der Waals surface area contributed by atoms with Gasteiger partial charge in [-0.05, 0) is 49.7 Å². The van der Waals surface area contributed by atoms with Crippen LogP contribution in [0.15, 0.2) is 59.5 Å². The molecule has 1 fully saturated rings. The van der Waals surface area contributed by atoms with Gasteiger partial charge in [-0.1, -0.05) is 30.3 Å². The van der Waals surface area contributed by atoms with E-state index in [9.17, 15) is 9.18 Å². The normalized spacial score (nSPS) is 18.1. The molecule has 0 radical (unpaired) electrons. The Morgan fingerprint density at radius 3 is 2.54 bits per heavy atom. The van der Waals surface area contributed by atoms with Gasteiger partial charge in [0, 0.05) is 24.0 Å². The van der Waals surface area contributed by atoms with Gasteiger partial charge in [0.25, 0.3) is 0 Å². The van der Waals surface area contributed by atoms with E-state index in [1.54, 1.807) is 12.1 Å². The van der Waals surface area contributed by atoms with Gasteiger partial charge < -0.3 is 10.2 Å². The number of carbonyl (C=O) groups excluding carboxylic acids is 1. The van der Waals surface area contributed by atoms with Crippen LogP contribution in [0.25, 0.3) is 0 Å². The van der Waals surface area contributed by atoms with Gasteiger partial charge in [-0.25, -0.2) is 4.39 Å². The maximum Gasteiger partial charge on any atom is 0.240 e. The minimum Gasteiger partial charge on any atom is -0.340 e. The number of halogens is 2. The Morgan fingerprint density at radius 2 is 1.88 bits per heavy atom. The summed E-state index contributed by atoms with van der Waals surface area (Å²) < 4.78 is 13.2. The van der Waals surface area contributed by atoms with E-state index in [1.165, 1.54) is 23.9 Å². The van der Waals surface area contributed by atoms with E-state index in [2.05, 4.69) is 5.32 Å². The van der Waals surface area contributed by atoms with Crippen LogP contribution in [-0.4, -0.2) is 37.0 Å². The SMILES string of the molecule is CNC1CCCN(C(=O)C(Sc2ccc(F)cc2)c2ccccc2)C1.Cl. The van der Waals surface area contributed by atoms with Crippen molar-refractivity contribution in [2.45, 2.75) is 29.0 Å². The van der Waals surface area contributed by atoms with Gasteiger partial charge in [0.2, 0.25) is 5.91 Å². The van der Waals surface area contributed by atoms with Crippen molar-refractivity contribution in [2.24, 2.45) is 0 Å². The zero-order valence-electron chi connectivity index (χ0n) is 14.7. The summed E-state index contributed by atoms with van der Waals surface area (Å²) in [4.78, 5) is 16.1. The molecule has 2 unspecified atom stereocenters. The number of piperidine rings is 1. The lowest BCUT2D eigenvalue weighted by Gasteiger charge is -2.34. The number of thioether (sulfide) groups is 1. The summed E-state index contributed by atoms with van der Waals surface area (Å²) in [5.41, 5.74) is 0.980. The topological polar surface area (TPSA) is 32.3 Å². The van der Waals surface area contributed by atoms with E-state index < -0.39 is 0 Å². The molecule has 0 spiro atoms. The Bertz CT molecular complexity index is 699. The molecule has 0 saturated carbocycles. The number of carbonyl (C=O) groups is 1. The fourth-order valence-electron chi connectivity index (χ4n) is 3.12. The second-order valence-electron chi connectivity index (χ2n) is 6.27. The fraction of sp³-hybridized carbons (Fsp3) is 0.350. The first-order chi connectivity index (χ1) is 12.2. The van der Waals surface area contributed by atoms with E-state index in [4.69, 9.17) is 0 Å². The van der Waals surface area contributed by atoms with E-state index >= 15 is 0 Å². The van der Waals surface area contributed by atoms with Crippen LogP contribution in [0.3, 0.4) is 0 Å². The van der Waals surface area contributed by atoms with Gasteiger partial charge in [-0.3, -0.25) is 4.79 Å². The molecule has 1 aliphatic heterocycles. The van der Waals surface area contributed by atoms with Crippen LogP contribution in [0.1, 0.15) is 23.7 Å². The van der Waals surface area contributed by atoms with Crippen LogP contribution in [0.2, 0.25) is 0 Å². The van der Waals surface area contributed by atoms with Crippen LogP contribution in [0.4, 0.5) is 4.39 Å². The van der Waals surface area contributed by atoms with Crippen molar-refractivity contribution >= 4 is 30.1 Å². The first kappa shape index (κ1) is 20.7. The predicted octanol–water partition coefficient (Wildman–Crippen LogP) is 4.29. The third-order valence-corrected chi connectivity index (χ3v) is 5.79. The average molecular weight is 395 g/mol. The van der Waals surface area contributed by atoms with Crippen molar-refractivity contribution in [3.8, 4) is 0 Å². The molecule has 1 aliphatic rings. The Morgan fingerprint density at radius 1 is 1.19 bits per heavy atom. The number of hydrogen-bond donors (Lipinski definition) is 1. The van der Waals surface area contributed by atoms with Crippen molar-refractivity contribution in [3.63, 3.8) is 0 Å². The third kappa shape index (κ3) is 5.22. The quantitative estimate of drug-likeness (QED) is 0.768. The number of hydrogen-bond acceptors (Lipinski definition) is 3. The molecular formula is C20H24ClFN2OS. The van der Waals surface area contributed by atoms with E-state index in [1.807, 2.05) is 42.3 Å². The molecule has 2 aromatic carbocycles. The summed E-state index contributed by atoms with van der Waals surface area (Å²) in [6.45, 7) is 1.53. The second-order valence-corrected chi connectivity index (χ2v) is 7.45. The zero-order chi connectivity index (χ0) is 17.6. The molecule has 140 valence electrons. The van der Waals surface area contributed by atoms with Crippen molar-refractivity contribution in [1.29, 1.82) is 0 Å². The van der Waals surface area contributed by atoms with Crippen LogP contribution in [0.5, 0.6) is 0 Å². The fourth-order valence-corrected chi connectivity index (χ4v) is 4.23. The van der Waals surface area contributed by atoms with Crippen LogP contribution in [-0.2, 0) is 4.79 Å². The van der Waals surface area contributed by atoms with Gasteiger partial charge >= 0.3 is 0 Å². The number of likely N-dealkylation sites (tertiary alicyclic amines) is 1. The second kappa shape index (κ2) is 9.95. The number of likely N-dealkylation sites (N-methyl/N-ethyl adjacent to an activating group) is 1. The molecule has 1 amide bonds. The monoisotopic (exact) mass is 394 g/mol. The molecule has 0 bridgehead atoms. The Kier molecular flexibility index (Phi) is 7.94. The molecule has 0 aliphatic carbocycles. The molecule has 6 heteroatoms. The van der Waals surface area contributed by atoms with Gasteiger partial charge in [0.15, 0.2) is 0 Å². The van der Waals surface area contributed by atoms with Gasteiger partial charge in [-0.2, -0.15) is 0 Å². The Hall–Kier alpha value is -1.56.